The first-order valence-corrected chi connectivity index (χ1v) is 4.66. The van der Waals surface area contributed by atoms with Gasteiger partial charge in [0.25, 0.3) is 0 Å². The number of hydrogen-bond acceptors (Lipinski definition) is 0. The van der Waals surface area contributed by atoms with Gasteiger partial charge in [-0.1, -0.05) is 6.07 Å². The molecule has 0 aliphatic rings. The third-order valence-electron chi connectivity index (χ3n) is 3.00. The fourth-order valence-corrected chi connectivity index (χ4v) is 1.89. The van der Waals surface area contributed by atoms with E-state index in [2.05, 4.69) is 44.8 Å². The molecular formula is C12H16IN. The van der Waals surface area contributed by atoms with Crippen LogP contribution < -0.4 is 0 Å². The van der Waals surface area contributed by atoms with Crippen LogP contribution in [0.4, 0.5) is 0 Å². The van der Waals surface area contributed by atoms with Gasteiger partial charge in [0, 0.05) is 16.6 Å². The number of H-pyrrole nitrogens is 1. The Hall–Kier alpha value is -0.510. The molecule has 1 N–H and O–H groups in total. The second-order valence-corrected chi connectivity index (χ2v) is 3.81. The summed E-state index contributed by atoms with van der Waals surface area (Å²) < 4.78 is 0. The van der Waals surface area contributed by atoms with Gasteiger partial charge in [0.1, 0.15) is 0 Å². The topological polar surface area (TPSA) is 15.8 Å². The summed E-state index contributed by atoms with van der Waals surface area (Å²) in [6, 6.07) is 4.34. The molecule has 2 aromatic rings. The first kappa shape index (κ1) is 11.6. The van der Waals surface area contributed by atoms with Crippen molar-refractivity contribution in [2.75, 3.05) is 0 Å². The van der Waals surface area contributed by atoms with Crippen LogP contribution in [-0.2, 0) is 0 Å². The van der Waals surface area contributed by atoms with Crippen LogP contribution in [0.15, 0.2) is 12.1 Å². The molecule has 1 heterocycles. The van der Waals surface area contributed by atoms with Gasteiger partial charge in [-0.15, -0.1) is 24.0 Å². The first-order chi connectivity index (χ1) is 6.11. The Morgan fingerprint density at radius 1 is 0.929 bits per heavy atom. The second kappa shape index (κ2) is 3.93. The number of rotatable bonds is 0. The van der Waals surface area contributed by atoms with E-state index >= 15 is 0 Å². The molecule has 0 atom stereocenters. The van der Waals surface area contributed by atoms with Crippen LogP contribution in [0.3, 0.4) is 0 Å². The van der Waals surface area contributed by atoms with Crippen molar-refractivity contribution in [3.8, 4) is 0 Å². The van der Waals surface area contributed by atoms with E-state index in [1.54, 1.807) is 0 Å². The molecule has 1 aromatic heterocycles. The van der Waals surface area contributed by atoms with E-state index in [-0.39, 0.29) is 24.0 Å². The number of benzene rings is 1. The quantitative estimate of drug-likeness (QED) is 0.707. The SMILES string of the molecule is Cc1ccc2[nH]c(C)c(C)c2c1C.I. The number of aryl methyl sites for hydroxylation is 4. The average molecular weight is 301 g/mol. The van der Waals surface area contributed by atoms with Gasteiger partial charge in [0.05, 0.1) is 0 Å². The van der Waals surface area contributed by atoms with Gasteiger partial charge in [0.2, 0.25) is 0 Å². The molecule has 14 heavy (non-hydrogen) atoms. The van der Waals surface area contributed by atoms with E-state index < -0.39 is 0 Å². The number of aromatic amines is 1. The van der Waals surface area contributed by atoms with Crippen molar-refractivity contribution in [2.45, 2.75) is 27.7 Å². The summed E-state index contributed by atoms with van der Waals surface area (Å²) in [6.07, 6.45) is 0. The van der Waals surface area contributed by atoms with Gasteiger partial charge in [-0.2, -0.15) is 0 Å². The summed E-state index contributed by atoms with van der Waals surface area (Å²) in [5.74, 6) is 0. The zero-order chi connectivity index (χ0) is 9.59. The molecule has 1 nitrogen and oxygen atoms in total. The summed E-state index contributed by atoms with van der Waals surface area (Å²) in [5.41, 5.74) is 6.70. The molecule has 0 radical (unpaired) electrons. The summed E-state index contributed by atoms with van der Waals surface area (Å²) in [4.78, 5) is 3.39. The van der Waals surface area contributed by atoms with E-state index in [9.17, 15) is 0 Å². The van der Waals surface area contributed by atoms with Crippen LogP contribution in [0.1, 0.15) is 22.4 Å². The second-order valence-electron chi connectivity index (χ2n) is 3.81. The molecule has 2 rings (SSSR count). The van der Waals surface area contributed by atoms with Crippen LogP contribution in [0.2, 0.25) is 0 Å². The molecule has 1 aromatic carbocycles. The van der Waals surface area contributed by atoms with E-state index in [1.165, 1.54) is 33.3 Å². The van der Waals surface area contributed by atoms with Gasteiger partial charge in [-0.05, 0) is 50.5 Å². The van der Waals surface area contributed by atoms with Gasteiger partial charge in [-0.3, -0.25) is 0 Å². The highest BCUT2D eigenvalue weighted by Crippen LogP contribution is 2.26. The van der Waals surface area contributed by atoms with E-state index in [4.69, 9.17) is 0 Å². The number of fused-ring (bicyclic) bond motifs is 1. The van der Waals surface area contributed by atoms with E-state index in [1.807, 2.05) is 0 Å². The summed E-state index contributed by atoms with van der Waals surface area (Å²) >= 11 is 0. The Labute approximate surface area is 102 Å². The molecule has 0 fully saturated rings. The van der Waals surface area contributed by atoms with Crippen molar-refractivity contribution in [3.63, 3.8) is 0 Å². The van der Waals surface area contributed by atoms with Crippen molar-refractivity contribution in [2.24, 2.45) is 0 Å². The Morgan fingerprint density at radius 2 is 1.57 bits per heavy atom. The predicted octanol–water partition coefficient (Wildman–Crippen LogP) is 4.02. The van der Waals surface area contributed by atoms with E-state index in [0.29, 0.717) is 0 Å². The van der Waals surface area contributed by atoms with Crippen LogP contribution in [0.25, 0.3) is 10.9 Å². The lowest BCUT2D eigenvalue weighted by molar-refractivity contribution is 1.25. The Balaban J connectivity index is 0.000000980. The number of aromatic nitrogens is 1. The highest BCUT2D eigenvalue weighted by molar-refractivity contribution is 14.0. The summed E-state index contributed by atoms with van der Waals surface area (Å²) in [6.45, 7) is 8.67. The highest BCUT2D eigenvalue weighted by atomic mass is 127. The average Bonchev–Trinajstić information content (AvgIpc) is 2.37. The molecule has 0 bridgehead atoms. The zero-order valence-corrected chi connectivity index (χ0v) is 11.4. The monoisotopic (exact) mass is 301 g/mol. The van der Waals surface area contributed by atoms with Crippen molar-refractivity contribution in [1.29, 1.82) is 0 Å². The molecule has 76 valence electrons. The lowest BCUT2D eigenvalue weighted by atomic mass is 10.0. The minimum absolute atomic E-state index is 0. The molecular weight excluding hydrogens is 285 g/mol. The molecule has 0 unspecified atom stereocenters. The fourth-order valence-electron chi connectivity index (χ4n) is 1.89. The van der Waals surface area contributed by atoms with Gasteiger partial charge >= 0.3 is 0 Å². The number of hydrogen-bond donors (Lipinski definition) is 1. The standard InChI is InChI=1S/C12H15N.HI/c1-7-5-6-11-12(8(7)2)9(3)10(4)13-11;/h5-6,13H,1-4H3;1H. The van der Waals surface area contributed by atoms with Crippen molar-refractivity contribution in [3.05, 3.63) is 34.5 Å². The maximum Gasteiger partial charge on any atom is 0.0461 e. The smallest absolute Gasteiger partial charge is 0.0461 e. The van der Waals surface area contributed by atoms with Crippen LogP contribution in [0.5, 0.6) is 0 Å². The number of nitrogens with one attached hydrogen (secondary N) is 1. The first-order valence-electron chi connectivity index (χ1n) is 4.66. The molecule has 2 heteroatoms. The molecule has 0 saturated carbocycles. The molecule has 0 amide bonds. The summed E-state index contributed by atoms with van der Waals surface area (Å²) in [5, 5.41) is 1.40. The van der Waals surface area contributed by atoms with Gasteiger partial charge in [-0.25, -0.2) is 0 Å². The molecule has 0 saturated heterocycles. The molecule has 0 aliphatic carbocycles. The Bertz CT molecular complexity index is 469. The van der Waals surface area contributed by atoms with Crippen LogP contribution in [-0.4, -0.2) is 4.98 Å². The predicted molar refractivity (Wildman–Crippen MR) is 72.7 cm³/mol. The third kappa shape index (κ3) is 1.56. The van der Waals surface area contributed by atoms with E-state index in [0.717, 1.165) is 0 Å². The van der Waals surface area contributed by atoms with Crippen molar-refractivity contribution < 1.29 is 0 Å². The van der Waals surface area contributed by atoms with Crippen LogP contribution in [0, 0.1) is 27.7 Å². The molecule has 0 spiro atoms. The van der Waals surface area contributed by atoms with Gasteiger partial charge < -0.3 is 4.98 Å². The maximum atomic E-state index is 3.39. The Morgan fingerprint density at radius 3 is 2.21 bits per heavy atom. The zero-order valence-electron chi connectivity index (χ0n) is 9.06. The highest BCUT2D eigenvalue weighted by Gasteiger charge is 2.07. The summed E-state index contributed by atoms with van der Waals surface area (Å²) in [7, 11) is 0. The van der Waals surface area contributed by atoms with Crippen molar-refractivity contribution in [1.82, 2.24) is 4.98 Å². The Kier molecular flexibility index (Phi) is 3.24. The lowest BCUT2D eigenvalue weighted by Crippen LogP contribution is -1.82. The lowest BCUT2D eigenvalue weighted by Gasteiger charge is -2.01. The maximum absolute atomic E-state index is 3.39. The normalized spacial score (nSPS) is 10.3. The number of halogens is 1. The minimum atomic E-state index is 0. The molecule has 0 aliphatic heterocycles. The third-order valence-corrected chi connectivity index (χ3v) is 3.00. The minimum Gasteiger partial charge on any atom is -0.358 e. The van der Waals surface area contributed by atoms with Crippen molar-refractivity contribution >= 4 is 34.9 Å². The van der Waals surface area contributed by atoms with Crippen LogP contribution >= 0.6 is 24.0 Å². The van der Waals surface area contributed by atoms with Gasteiger partial charge in [0.15, 0.2) is 0 Å². The fraction of sp³-hybridized carbons (Fsp3) is 0.333. The largest absolute Gasteiger partial charge is 0.358 e.